The van der Waals surface area contributed by atoms with Gasteiger partial charge in [0.25, 0.3) is 0 Å². The second-order valence-corrected chi connectivity index (χ2v) is 5.20. The Morgan fingerprint density at radius 3 is 2.61 bits per heavy atom. The molecule has 1 N–H and O–H groups in total. The number of hydrogen-bond donors (Lipinski definition) is 1. The van der Waals surface area contributed by atoms with E-state index in [0.29, 0.717) is 0 Å². The summed E-state index contributed by atoms with van der Waals surface area (Å²) in [4.78, 5) is 2.24. The van der Waals surface area contributed by atoms with Gasteiger partial charge >= 0.3 is 0 Å². The molecule has 0 unspecified atom stereocenters. The monoisotopic (exact) mass is 304 g/mol. The fourth-order valence-electron chi connectivity index (χ4n) is 1.90. The third kappa shape index (κ3) is 3.26. The normalized spacial score (nSPS) is 10.2. The lowest BCUT2D eigenvalue weighted by Gasteiger charge is -2.20. The molecule has 0 amide bonds. The van der Waals surface area contributed by atoms with Crippen LogP contribution in [0.15, 0.2) is 53.0 Å². The highest BCUT2D eigenvalue weighted by molar-refractivity contribution is 9.10. The molecule has 94 valence electrons. The van der Waals surface area contributed by atoms with Gasteiger partial charge in [-0.1, -0.05) is 34.1 Å². The van der Waals surface area contributed by atoms with Crippen molar-refractivity contribution in [1.82, 2.24) is 0 Å². The summed E-state index contributed by atoms with van der Waals surface area (Å²) in [5.74, 6) is 0. The Morgan fingerprint density at radius 1 is 1.11 bits per heavy atom. The molecule has 0 saturated heterocycles. The Morgan fingerprint density at radius 2 is 1.89 bits per heavy atom. The van der Waals surface area contributed by atoms with Crippen molar-refractivity contribution in [2.45, 2.75) is 6.54 Å². The molecular formula is C15H17BrN2. The Hall–Kier alpha value is -1.48. The molecule has 2 nitrogen and oxygen atoms in total. The van der Waals surface area contributed by atoms with Crippen LogP contribution in [0.1, 0.15) is 5.56 Å². The molecule has 0 saturated carbocycles. The molecule has 0 aliphatic carbocycles. The molecule has 2 aromatic carbocycles. The third-order valence-corrected chi connectivity index (χ3v) is 3.38. The summed E-state index contributed by atoms with van der Waals surface area (Å²) in [6.07, 6.45) is 0. The lowest BCUT2D eigenvalue weighted by atomic mass is 10.2. The van der Waals surface area contributed by atoms with E-state index >= 15 is 0 Å². The number of nitrogens with one attached hydrogen (secondary N) is 1. The van der Waals surface area contributed by atoms with Gasteiger partial charge in [-0.2, -0.15) is 0 Å². The van der Waals surface area contributed by atoms with Crippen molar-refractivity contribution >= 4 is 27.3 Å². The summed E-state index contributed by atoms with van der Waals surface area (Å²) in [6.45, 7) is 0.895. The lowest BCUT2D eigenvalue weighted by molar-refractivity contribution is 0.923. The van der Waals surface area contributed by atoms with Crippen LogP contribution in [0.2, 0.25) is 0 Å². The van der Waals surface area contributed by atoms with Crippen LogP contribution in [-0.4, -0.2) is 14.1 Å². The van der Waals surface area contributed by atoms with E-state index in [1.807, 2.05) is 13.1 Å². The van der Waals surface area contributed by atoms with E-state index in [-0.39, 0.29) is 0 Å². The number of hydrogen-bond acceptors (Lipinski definition) is 2. The molecule has 18 heavy (non-hydrogen) atoms. The largest absolute Gasteiger partial charge is 0.388 e. The minimum atomic E-state index is 0.895. The maximum atomic E-state index is 3.50. The first-order valence-corrected chi connectivity index (χ1v) is 6.72. The Kier molecular flexibility index (Phi) is 4.26. The molecule has 0 radical (unpaired) electrons. The highest BCUT2D eigenvalue weighted by atomic mass is 79.9. The van der Waals surface area contributed by atoms with Gasteiger partial charge in [0.15, 0.2) is 0 Å². The SMILES string of the molecule is CNc1cccc(CN(C)c2cccc(Br)c2)c1. The first-order valence-electron chi connectivity index (χ1n) is 5.92. The molecular weight excluding hydrogens is 288 g/mol. The smallest absolute Gasteiger partial charge is 0.0426 e. The zero-order valence-corrected chi connectivity index (χ0v) is 12.2. The van der Waals surface area contributed by atoms with Crippen LogP contribution in [0.3, 0.4) is 0 Å². The van der Waals surface area contributed by atoms with Crippen LogP contribution >= 0.6 is 15.9 Å². The van der Waals surface area contributed by atoms with Crippen molar-refractivity contribution in [2.24, 2.45) is 0 Å². The molecule has 0 bridgehead atoms. The fourth-order valence-corrected chi connectivity index (χ4v) is 2.29. The molecule has 0 fully saturated rings. The van der Waals surface area contributed by atoms with E-state index in [1.165, 1.54) is 11.3 Å². The van der Waals surface area contributed by atoms with Gasteiger partial charge in [-0.25, -0.2) is 0 Å². The maximum absolute atomic E-state index is 3.50. The van der Waals surface area contributed by atoms with Gasteiger partial charge in [0, 0.05) is 36.5 Å². The average molecular weight is 305 g/mol. The summed E-state index contributed by atoms with van der Waals surface area (Å²) in [7, 11) is 4.05. The van der Waals surface area contributed by atoms with E-state index in [1.54, 1.807) is 0 Å². The summed E-state index contributed by atoms with van der Waals surface area (Å²) >= 11 is 3.50. The summed E-state index contributed by atoms with van der Waals surface area (Å²) < 4.78 is 1.11. The topological polar surface area (TPSA) is 15.3 Å². The molecule has 0 atom stereocenters. The van der Waals surface area contributed by atoms with Gasteiger partial charge < -0.3 is 10.2 Å². The molecule has 0 aromatic heterocycles. The summed E-state index contributed by atoms with van der Waals surface area (Å²) in [5, 5.41) is 3.16. The molecule has 0 aliphatic heterocycles. The standard InChI is InChI=1S/C15H17BrN2/c1-17-14-7-3-5-12(9-14)11-18(2)15-8-4-6-13(16)10-15/h3-10,17H,11H2,1-2H3. The second kappa shape index (κ2) is 5.91. The van der Waals surface area contributed by atoms with Gasteiger partial charge in [0.05, 0.1) is 0 Å². The number of benzene rings is 2. The van der Waals surface area contributed by atoms with Crippen LogP contribution in [0.4, 0.5) is 11.4 Å². The van der Waals surface area contributed by atoms with Crippen LogP contribution in [0.5, 0.6) is 0 Å². The number of rotatable bonds is 4. The Labute approximate surface area is 117 Å². The molecule has 0 heterocycles. The summed E-state index contributed by atoms with van der Waals surface area (Å²) in [6, 6.07) is 16.8. The van der Waals surface area contributed by atoms with Crippen molar-refractivity contribution in [2.75, 3.05) is 24.3 Å². The zero-order valence-electron chi connectivity index (χ0n) is 10.7. The fraction of sp³-hybridized carbons (Fsp3) is 0.200. The van der Waals surface area contributed by atoms with E-state index < -0.39 is 0 Å². The van der Waals surface area contributed by atoms with Crippen molar-refractivity contribution < 1.29 is 0 Å². The quantitative estimate of drug-likeness (QED) is 0.914. The van der Waals surface area contributed by atoms with E-state index in [0.717, 1.165) is 16.7 Å². The van der Waals surface area contributed by atoms with Crippen LogP contribution < -0.4 is 10.2 Å². The molecule has 0 aliphatic rings. The highest BCUT2D eigenvalue weighted by Gasteiger charge is 2.03. The number of nitrogens with zero attached hydrogens (tertiary/aromatic N) is 1. The van der Waals surface area contributed by atoms with Crippen molar-refractivity contribution in [3.63, 3.8) is 0 Å². The van der Waals surface area contributed by atoms with Crippen molar-refractivity contribution in [3.05, 3.63) is 58.6 Å². The van der Waals surface area contributed by atoms with Gasteiger partial charge in [-0.15, -0.1) is 0 Å². The predicted molar refractivity (Wildman–Crippen MR) is 82.2 cm³/mol. The predicted octanol–water partition coefficient (Wildman–Crippen LogP) is 4.13. The highest BCUT2D eigenvalue weighted by Crippen LogP contribution is 2.21. The third-order valence-electron chi connectivity index (χ3n) is 2.88. The van der Waals surface area contributed by atoms with E-state index in [4.69, 9.17) is 0 Å². The van der Waals surface area contributed by atoms with Gasteiger partial charge in [0.2, 0.25) is 0 Å². The van der Waals surface area contributed by atoms with Crippen LogP contribution in [0, 0.1) is 0 Å². The molecule has 2 aromatic rings. The minimum absolute atomic E-state index is 0.895. The summed E-state index contributed by atoms with van der Waals surface area (Å²) in [5.41, 5.74) is 3.65. The maximum Gasteiger partial charge on any atom is 0.0426 e. The minimum Gasteiger partial charge on any atom is -0.388 e. The number of halogens is 1. The molecule has 0 spiro atoms. The molecule has 3 heteroatoms. The van der Waals surface area contributed by atoms with Gasteiger partial charge in [0.1, 0.15) is 0 Å². The second-order valence-electron chi connectivity index (χ2n) is 4.29. The van der Waals surface area contributed by atoms with Crippen LogP contribution in [0.25, 0.3) is 0 Å². The molecule has 2 rings (SSSR count). The first kappa shape index (κ1) is 13.0. The van der Waals surface area contributed by atoms with Crippen molar-refractivity contribution in [1.29, 1.82) is 0 Å². The van der Waals surface area contributed by atoms with Crippen molar-refractivity contribution in [3.8, 4) is 0 Å². The first-order chi connectivity index (χ1) is 8.69. The Balaban J connectivity index is 2.13. The van der Waals surface area contributed by atoms with E-state index in [2.05, 4.69) is 75.7 Å². The van der Waals surface area contributed by atoms with E-state index in [9.17, 15) is 0 Å². The number of anilines is 2. The Bertz CT molecular complexity index is 525. The van der Waals surface area contributed by atoms with Crippen LogP contribution in [-0.2, 0) is 6.54 Å². The average Bonchev–Trinajstić information content (AvgIpc) is 2.39. The van der Waals surface area contributed by atoms with Gasteiger partial charge in [-0.3, -0.25) is 0 Å². The lowest BCUT2D eigenvalue weighted by Crippen LogP contribution is -2.16. The zero-order chi connectivity index (χ0) is 13.0. The van der Waals surface area contributed by atoms with Gasteiger partial charge in [-0.05, 0) is 35.9 Å².